The highest BCUT2D eigenvalue weighted by Gasteiger charge is 2.24. The zero-order chi connectivity index (χ0) is 17.4. The number of hydrogen-bond acceptors (Lipinski definition) is 4. The summed E-state index contributed by atoms with van der Waals surface area (Å²) in [6, 6.07) is 2.38. The highest BCUT2D eigenvalue weighted by atomic mass is 19.1. The molecule has 2 heterocycles. The number of nitrogens with zero attached hydrogens (tertiary/aromatic N) is 3. The number of halogens is 3. The second-order valence-corrected chi connectivity index (χ2v) is 6.58. The lowest BCUT2D eigenvalue weighted by Crippen LogP contribution is -2.20. The summed E-state index contributed by atoms with van der Waals surface area (Å²) in [5, 5.41) is 0. The van der Waals surface area contributed by atoms with Gasteiger partial charge in [-0.2, -0.15) is 9.37 Å². The van der Waals surface area contributed by atoms with E-state index < -0.39 is 17.5 Å². The summed E-state index contributed by atoms with van der Waals surface area (Å²) in [6.45, 7) is 1.67. The van der Waals surface area contributed by atoms with Crippen LogP contribution >= 0.6 is 0 Å². The van der Waals surface area contributed by atoms with E-state index in [4.69, 9.17) is 4.74 Å². The number of aromatic nitrogens is 2. The molecule has 2 fully saturated rings. The molecule has 0 spiro atoms. The minimum absolute atomic E-state index is 0.0198. The van der Waals surface area contributed by atoms with E-state index in [1.54, 1.807) is 4.90 Å². The fourth-order valence-corrected chi connectivity index (χ4v) is 3.01. The molecule has 0 unspecified atom stereocenters. The summed E-state index contributed by atoms with van der Waals surface area (Å²) in [4.78, 5) is 9.54. The van der Waals surface area contributed by atoms with Crippen LogP contribution in [-0.4, -0.2) is 29.7 Å². The molecule has 2 aliphatic rings. The van der Waals surface area contributed by atoms with Crippen LogP contribution in [0.2, 0.25) is 0 Å². The predicted molar refractivity (Wildman–Crippen MR) is 87.0 cm³/mol. The first-order valence-corrected chi connectivity index (χ1v) is 8.51. The van der Waals surface area contributed by atoms with E-state index in [0.29, 0.717) is 25.6 Å². The second-order valence-electron chi connectivity index (χ2n) is 6.58. The molecule has 0 bridgehead atoms. The lowest BCUT2D eigenvalue weighted by Gasteiger charge is -2.19. The van der Waals surface area contributed by atoms with E-state index in [-0.39, 0.29) is 23.0 Å². The number of hydrogen-bond donors (Lipinski definition) is 0. The molecular weight excluding hydrogens is 331 g/mol. The normalized spacial score (nSPS) is 17.2. The summed E-state index contributed by atoms with van der Waals surface area (Å²) < 4.78 is 48.0. The molecule has 1 aromatic heterocycles. The monoisotopic (exact) mass is 349 g/mol. The lowest BCUT2D eigenvalue weighted by atomic mass is 10.1. The standard InChI is InChI=1S/C18H18F3N3O/c19-13-7-12(8-14(20)16(13)24-5-1-2-6-24)17-22-9-15(21)18(23-17)25-10-11-3-4-11/h7-9,11H,1-6,10H2. The first-order valence-electron chi connectivity index (χ1n) is 8.51. The Kier molecular flexibility index (Phi) is 4.23. The molecule has 1 saturated carbocycles. The van der Waals surface area contributed by atoms with Crippen molar-refractivity contribution < 1.29 is 17.9 Å². The Morgan fingerprint density at radius 3 is 2.36 bits per heavy atom. The summed E-state index contributed by atoms with van der Waals surface area (Å²) in [5.41, 5.74) is 0.141. The largest absolute Gasteiger partial charge is 0.475 e. The Morgan fingerprint density at radius 1 is 1.04 bits per heavy atom. The quantitative estimate of drug-likeness (QED) is 0.819. The molecule has 0 N–H and O–H groups in total. The highest BCUT2D eigenvalue weighted by molar-refractivity contribution is 5.62. The maximum Gasteiger partial charge on any atom is 0.254 e. The third kappa shape index (κ3) is 3.41. The van der Waals surface area contributed by atoms with Crippen LogP contribution in [-0.2, 0) is 0 Å². The smallest absolute Gasteiger partial charge is 0.254 e. The zero-order valence-electron chi connectivity index (χ0n) is 13.6. The van der Waals surface area contributed by atoms with Gasteiger partial charge in [0.05, 0.1) is 12.8 Å². The van der Waals surface area contributed by atoms with Gasteiger partial charge in [0.2, 0.25) is 5.82 Å². The van der Waals surface area contributed by atoms with Gasteiger partial charge in [-0.15, -0.1) is 0 Å². The molecule has 0 amide bonds. The van der Waals surface area contributed by atoms with Gasteiger partial charge in [-0.1, -0.05) is 0 Å². The Morgan fingerprint density at radius 2 is 1.72 bits per heavy atom. The van der Waals surface area contributed by atoms with E-state index in [1.807, 2.05) is 0 Å². The van der Waals surface area contributed by atoms with Gasteiger partial charge >= 0.3 is 0 Å². The lowest BCUT2D eigenvalue weighted by molar-refractivity contribution is 0.272. The van der Waals surface area contributed by atoms with Gasteiger partial charge in [-0.3, -0.25) is 0 Å². The van der Waals surface area contributed by atoms with Gasteiger partial charge in [-0.25, -0.2) is 13.8 Å². The molecule has 1 aromatic carbocycles. The van der Waals surface area contributed by atoms with Crippen molar-refractivity contribution in [1.29, 1.82) is 0 Å². The molecule has 1 aliphatic heterocycles. The highest BCUT2D eigenvalue weighted by Crippen LogP contribution is 2.32. The number of benzene rings is 1. The van der Waals surface area contributed by atoms with E-state index >= 15 is 0 Å². The van der Waals surface area contributed by atoms with Gasteiger partial charge in [0, 0.05) is 18.7 Å². The number of anilines is 1. The number of rotatable bonds is 5. The number of ether oxygens (including phenoxy) is 1. The molecule has 1 saturated heterocycles. The maximum atomic E-state index is 14.4. The average Bonchev–Trinajstić information content (AvgIpc) is 3.27. The SMILES string of the molecule is Fc1cnc(-c2cc(F)c(N3CCCC3)c(F)c2)nc1OCC1CC1. The van der Waals surface area contributed by atoms with Crippen LogP contribution in [0.5, 0.6) is 5.88 Å². The van der Waals surface area contributed by atoms with Crippen LogP contribution in [0.25, 0.3) is 11.4 Å². The molecule has 0 radical (unpaired) electrons. The van der Waals surface area contributed by atoms with Crippen molar-refractivity contribution in [2.24, 2.45) is 5.92 Å². The van der Waals surface area contributed by atoms with Gasteiger partial charge in [0.1, 0.15) is 17.3 Å². The Bertz CT molecular complexity index is 766. The Hall–Kier alpha value is -2.31. The predicted octanol–water partition coefficient (Wildman–Crippen LogP) is 3.95. The van der Waals surface area contributed by atoms with E-state index in [1.165, 1.54) is 12.1 Å². The third-order valence-electron chi connectivity index (χ3n) is 4.56. The summed E-state index contributed by atoms with van der Waals surface area (Å²) in [5.74, 6) is -1.71. The van der Waals surface area contributed by atoms with Crippen molar-refractivity contribution in [2.45, 2.75) is 25.7 Å². The van der Waals surface area contributed by atoms with Crippen molar-refractivity contribution in [3.8, 4) is 17.3 Å². The Labute approximate surface area is 143 Å². The summed E-state index contributed by atoms with van der Waals surface area (Å²) in [7, 11) is 0. The van der Waals surface area contributed by atoms with E-state index in [0.717, 1.165) is 31.9 Å². The van der Waals surface area contributed by atoms with Crippen LogP contribution in [0.15, 0.2) is 18.3 Å². The first kappa shape index (κ1) is 16.2. The van der Waals surface area contributed by atoms with Crippen molar-refractivity contribution in [2.75, 3.05) is 24.6 Å². The van der Waals surface area contributed by atoms with Crippen molar-refractivity contribution in [3.63, 3.8) is 0 Å². The first-order chi connectivity index (χ1) is 12.1. The summed E-state index contributed by atoms with van der Waals surface area (Å²) >= 11 is 0. The molecule has 4 nitrogen and oxygen atoms in total. The molecular formula is C18H18F3N3O. The van der Waals surface area contributed by atoms with Gasteiger partial charge in [-0.05, 0) is 43.7 Å². The van der Waals surface area contributed by atoms with Crippen LogP contribution < -0.4 is 9.64 Å². The molecule has 0 atom stereocenters. The van der Waals surface area contributed by atoms with Crippen LogP contribution in [0.4, 0.5) is 18.9 Å². The van der Waals surface area contributed by atoms with Gasteiger partial charge < -0.3 is 9.64 Å². The minimum Gasteiger partial charge on any atom is -0.475 e. The maximum absolute atomic E-state index is 14.4. The molecule has 2 aromatic rings. The van der Waals surface area contributed by atoms with Crippen molar-refractivity contribution in [1.82, 2.24) is 9.97 Å². The van der Waals surface area contributed by atoms with Gasteiger partial charge in [0.15, 0.2) is 5.82 Å². The summed E-state index contributed by atoms with van der Waals surface area (Å²) in [6.07, 6.45) is 4.93. The van der Waals surface area contributed by atoms with E-state index in [2.05, 4.69) is 9.97 Å². The molecule has 25 heavy (non-hydrogen) atoms. The van der Waals surface area contributed by atoms with Crippen LogP contribution in [0.3, 0.4) is 0 Å². The second kappa shape index (κ2) is 6.54. The molecule has 132 valence electrons. The van der Waals surface area contributed by atoms with Gasteiger partial charge in [0.25, 0.3) is 5.88 Å². The topological polar surface area (TPSA) is 38.2 Å². The average molecular weight is 349 g/mol. The molecule has 1 aliphatic carbocycles. The zero-order valence-corrected chi connectivity index (χ0v) is 13.6. The Balaban J connectivity index is 1.63. The fourth-order valence-electron chi connectivity index (χ4n) is 3.01. The van der Waals surface area contributed by atoms with E-state index in [9.17, 15) is 13.2 Å². The fraction of sp³-hybridized carbons (Fsp3) is 0.444. The minimum atomic E-state index is -0.681. The van der Waals surface area contributed by atoms with Crippen molar-refractivity contribution in [3.05, 3.63) is 35.8 Å². The van der Waals surface area contributed by atoms with Crippen LogP contribution in [0, 0.1) is 23.4 Å². The van der Waals surface area contributed by atoms with Crippen LogP contribution in [0.1, 0.15) is 25.7 Å². The third-order valence-corrected chi connectivity index (χ3v) is 4.56. The molecule has 4 rings (SSSR count). The molecule has 7 heteroatoms. The van der Waals surface area contributed by atoms with Crippen molar-refractivity contribution >= 4 is 5.69 Å².